The minimum atomic E-state index is 0. The minimum absolute atomic E-state index is 0. The Morgan fingerprint density at radius 3 is 2.70 bits per heavy atom. The number of piperidine rings is 1. The quantitative estimate of drug-likeness (QED) is 0.418. The van der Waals surface area contributed by atoms with Crippen LogP contribution in [0.2, 0.25) is 0 Å². The SMILES string of the molecule is CN=C(NCCN1CCC(C)CC1)N1CCC2(CCOC2)C1.I. The van der Waals surface area contributed by atoms with Gasteiger partial charge >= 0.3 is 0 Å². The molecule has 3 heterocycles. The maximum Gasteiger partial charge on any atom is 0.193 e. The van der Waals surface area contributed by atoms with Gasteiger partial charge in [0.05, 0.1) is 6.61 Å². The van der Waals surface area contributed by atoms with Gasteiger partial charge in [-0.15, -0.1) is 24.0 Å². The van der Waals surface area contributed by atoms with Crippen molar-refractivity contribution >= 4 is 29.9 Å². The molecule has 1 unspecified atom stereocenters. The smallest absolute Gasteiger partial charge is 0.193 e. The molecule has 1 N–H and O–H groups in total. The molecular weight excluding hydrogens is 403 g/mol. The summed E-state index contributed by atoms with van der Waals surface area (Å²) in [5.41, 5.74) is 0.403. The van der Waals surface area contributed by atoms with Crippen molar-refractivity contribution in [2.45, 2.75) is 32.6 Å². The Labute approximate surface area is 158 Å². The number of aliphatic imine (C=N–C) groups is 1. The van der Waals surface area contributed by atoms with E-state index in [0.29, 0.717) is 5.41 Å². The van der Waals surface area contributed by atoms with E-state index in [1.165, 1.54) is 38.8 Å². The van der Waals surface area contributed by atoms with Crippen LogP contribution in [-0.2, 0) is 4.74 Å². The zero-order chi connectivity index (χ0) is 15.4. The highest BCUT2D eigenvalue weighted by molar-refractivity contribution is 14.0. The molecule has 23 heavy (non-hydrogen) atoms. The number of ether oxygens (including phenoxy) is 1. The molecular formula is C17H33IN4O. The number of nitrogens with zero attached hydrogens (tertiary/aromatic N) is 3. The molecule has 134 valence electrons. The van der Waals surface area contributed by atoms with Gasteiger partial charge in [-0.2, -0.15) is 0 Å². The zero-order valence-corrected chi connectivity index (χ0v) is 17.1. The summed E-state index contributed by atoms with van der Waals surface area (Å²) in [7, 11) is 1.90. The van der Waals surface area contributed by atoms with Crippen LogP contribution in [0.1, 0.15) is 32.6 Å². The largest absolute Gasteiger partial charge is 0.381 e. The van der Waals surface area contributed by atoms with Crippen LogP contribution >= 0.6 is 24.0 Å². The predicted octanol–water partition coefficient (Wildman–Crippen LogP) is 2.02. The molecule has 1 atom stereocenters. The van der Waals surface area contributed by atoms with Crippen LogP contribution in [0.15, 0.2) is 4.99 Å². The maximum atomic E-state index is 5.62. The monoisotopic (exact) mass is 436 g/mol. The third-order valence-electron chi connectivity index (χ3n) is 5.72. The first kappa shape index (κ1) is 19.2. The molecule has 0 aromatic rings. The van der Waals surface area contributed by atoms with Crippen molar-refractivity contribution in [1.29, 1.82) is 0 Å². The lowest BCUT2D eigenvalue weighted by atomic mass is 9.87. The number of nitrogens with one attached hydrogen (secondary N) is 1. The van der Waals surface area contributed by atoms with Crippen LogP contribution < -0.4 is 5.32 Å². The number of halogens is 1. The summed E-state index contributed by atoms with van der Waals surface area (Å²) in [6.45, 7) is 11.1. The fraction of sp³-hybridized carbons (Fsp3) is 0.941. The van der Waals surface area contributed by atoms with E-state index in [9.17, 15) is 0 Å². The molecule has 0 bridgehead atoms. The number of hydrogen-bond acceptors (Lipinski definition) is 3. The maximum absolute atomic E-state index is 5.62. The van der Waals surface area contributed by atoms with E-state index in [1.54, 1.807) is 0 Å². The summed E-state index contributed by atoms with van der Waals surface area (Å²) in [5.74, 6) is 1.99. The van der Waals surface area contributed by atoms with Crippen molar-refractivity contribution < 1.29 is 4.74 Å². The highest BCUT2D eigenvalue weighted by Gasteiger charge is 2.42. The van der Waals surface area contributed by atoms with Gasteiger partial charge in [-0.1, -0.05) is 6.92 Å². The van der Waals surface area contributed by atoms with Gasteiger partial charge in [-0.25, -0.2) is 0 Å². The highest BCUT2D eigenvalue weighted by Crippen LogP contribution is 2.38. The molecule has 6 heteroatoms. The Hall–Kier alpha value is -0.0800. The molecule has 0 radical (unpaired) electrons. The Kier molecular flexibility index (Phi) is 7.41. The fourth-order valence-corrected chi connectivity index (χ4v) is 4.03. The predicted molar refractivity (Wildman–Crippen MR) is 106 cm³/mol. The summed E-state index contributed by atoms with van der Waals surface area (Å²) >= 11 is 0. The molecule has 3 aliphatic rings. The van der Waals surface area contributed by atoms with Gasteiger partial charge in [0.25, 0.3) is 0 Å². The topological polar surface area (TPSA) is 40.1 Å². The van der Waals surface area contributed by atoms with Gasteiger partial charge < -0.3 is 19.9 Å². The summed E-state index contributed by atoms with van der Waals surface area (Å²) in [6.07, 6.45) is 5.16. The van der Waals surface area contributed by atoms with E-state index in [0.717, 1.165) is 51.3 Å². The van der Waals surface area contributed by atoms with Crippen LogP contribution in [0, 0.1) is 11.3 Å². The van der Waals surface area contributed by atoms with E-state index in [-0.39, 0.29) is 24.0 Å². The molecule has 1 spiro atoms. The van der Waals surface area contributed by atoms with Gasteiger partial charge in [0.15, 0.2) is 5.96 Å². The zero-order valence-electron chi connectivity index (χ0n) is 14.7. The summed E-state index contributed by atoms with van der Waals surface area (Å²) in [5, 5.41) is 3.57. The molecule has 0 saturated carbocycles. The van der Waals surface area contributed by atoms with Gasteiger partial charge in [0, 0.05) is 45.2 Å². The van der Waals surface area contributed by atoms with Crippen molar-refractivity contribution in [2.75, 3.05) is 59.5 Å². The average molecular weight is 436 g/mol. The molecule has 3 rings (SSSR count). The highest BCUT2D eigenvalue weighted by atomic mass is 127. The first-order chi connectivity index (χ1) is 10.7. The Morgan fingerprint density at radius 1 is 1.26 bits per heavy atom. The fourth-order valence-electron chi connectivity index (χ4n) is 4.03. The molecule has 3 aliphatic heterocycles. The molecule has 5 nitrogen and oxygen atoms in total. The normalized spacial score (nSPS) is 30.0. The third kappa shape index (κ3) is 4.95. The van der Waals surface area contributed by atoms with Crippen LogP contribution in [-0.4, -0.2) is 75.3 Å². The second kappa shape index (κ2) is 8.85. The van der Waals surface area contributed by atoms with Gasteiger partial charge in [-0.3, -0.25) is 4.99 Å². The Balaban J connectivity index is 0.00000192. The first-order valence-corrected chi connectivity index (χ1v) is 8.96. The van der Waals surface area contributed by atoms with Crippen LogP contribution in [0.3, 0.4) is 0 Å². The average Bonchev–Trinajstić information content (AvgIpc) is 3.16. The number of rotatable bonds is 3. The van der Waals surface area contributed by atoms with E-state index >= 15 is 0 Å². The van der Waals surface area contributed by atoms with Crippen molar-refractivity contribution in [3.05, 3.63) is 0 Å². The molecule has 0 aliphatic carbocycles. The van der Waals surface area contributed by atoms with Gasteiger partial charge in [0.2, 0.25) is 0 Å². The molecule has 3 saturated heterocycles. The van der Waals surface area contributed by atoms with Crippen LogP contribution in [0.4, 0.5) is 0 Å². The van der Waals surface area contributed by atoms with E-state index < -0.39 is 0 Å². The molecule has 0 aromatic heterocycles. The molecule has 0 amide bonds. The van der Waals surface area contributed by atoms with Crippen LogP contribution in [0.5, 0.6) is 0 Å². The Morgan fingerprint density at radius 2 is 2.04 bits per heavy atom. The lowest BCUT2D eigenvalue weighted by Gasteiger charge is -2.31. The van der Waals surface area contributed by atoms with E-state index in [2.05, 4.69) is 27.0 Å². The van der Waals surface area contributed by atoms with E-state index in [1.807, 2.05) is 7.05 Å². The number of guanidine groups is 1. The number of likely N-dealkylation sites (tertiary alicyclic amines) is 2. The first-order valence-electron chi connectivity index (χ1n) is 8.96. The van der Waals surface area contributed by atoms with Gasteiger partial charge in [-0.05, 0) is 44.7 Å². The lowest BCUT2D eigenvalue weighted by molar-refractivity contribution is 0.156. The minimum Gasteiger partial charge on any atom is -0.381 e. The summed E-state index contributed by atoms with van der Waals surface area (Å²) in [6, 6.07) is 0. The van der Waals surface area contributed by atoms with Crippen molar-refractivity contribution in [3.63, 3.8) is 0 Å². The second-order valence-electron chi connectivity index (χ2n) is 7.47. The molecule has 0 aromatic carbocycles. The van der Waals surface area contributed by atoms with Crippen LogP contribution in [0.25, 0.3) is 0 Å². The summed E-state index contributed by atoms with van der Waals surface area (Å²) in [4.78, 5) is 9.49. The van der Waals surface area contributed by atoms with Crippen molar-refractivity contribution in [3.8, 4) is 0 Å². The number of hydrogen-bond donors (Lipinski definition) is 1. The molecule has 3 fully saturated rings. The van der Waals surface area contributed by atoms with Crippen molar-refractivity contribution in [1.82, 2.24) is 15.1 Å². The van der Waals surface area contributed by atoms with E-state index in [4.69, 9.17) is 4.74 Å². The standard InChI is InChI=1S/C17H32N4O.HI/c1-15-3-8-20(9-4-15)11-7-19-16(18-2)21-10-5-17(13-21)6-12-22-14-17;/h15H,3-14H2,1-2H3,(H,18,19);1H. The second-order valence-corrected chi connectivity index (χ2v) is 7.47. The summed E-state index contributed by atoms with van der Waals surface area (Å²) < 4.78 is 5.62. The van der Waals surface area contributed by atoms with Crippen molar-refractivity contribution in [2.24, 2.45) is 16.3 Å². The Bertz CT molecular complexity index is 390. The van der Waals surface area contributed by atoms with Gasteiger partial charge in [0.1, 0.15) is 0 Å². The lowest BCUT2D eigenvalue weighted by Crippen LogP contribution is -2.45. The third-order valence-corrected chi connectivity index (χ3v) is 5.72.